The number of nitrogens with zero attached hydrogens (tertiary/aromatic N) is 3. The van der Waals surface area contributed by atoms with Crippen LogP contribution in [0.1, 0.15) is 30.7 Å². The Morgan fingerprint density at radius 2 is 1.78 bits per heavy atom. The molecule has 0 aliphatic carbocycles. The van der Waals surface area contributed by atoms with Crippen LogP contribution in [0.15, 0.2) is 60.7 Å². The van der Waals surface area contributed by atoms with E-state index in [2.05, 4.69) is 20.1 Å². The first kappa shape index (κ1) is 17.2. The second kappa shape index (κ2) is 7.99. The minimum absolute atomic E-state index is 0.150. The van der Waals surface area contributed by atoms with Crippen LogP contribution in [0.3, 0.4) is 0 Å². The molecule has 1 N–H and O–H groups in total. The molecule has 1 aromatic heterocycles. The van der Waals surface area contributed by atoms with E-state index in [1.807, 2.05) is 54.6 Å². The van der Waals surface area contributed by atoms with Crippen molar-refractivity contribution in [3.05, 3.63) is 72.1 Å². The minimum Gasteiger partial charge on any atom is -0.323 e. The van der Waals surface area contributed by atoms with E-state index in [1.54, 1.807) is 12.2 Å². The van der Waals surface area contributed by atoms with Gasteiger partial charge < -0.3 is 9.88 Å². The molecule has 0 atom stereocenters. The van der Waals surface area contributed by atoms with Gasteiger partial charge in [-0.15, -0.1) is 10.2 Å². The molecule has 0 saturated carbocycles. The lowest BCUT2D eigenvalue weighted by Crippen LogP contribution is -2.07. The Balaban J connectivity index is 1.44. The molecule has 5 heteroatoms. The molecule has 0 spiro atoms. The highest BCUT2D eigenvalue weighted by atomic mass is 16.1. The maximum absolute atomic E-state index is 12.1. The molecule has 0 saturated heterocycles. The summed E-state index contributed by atoms with van der Waals surface area (Å²) in [5.74, 6) is 1.84. The number of aryl methyl sites for hydroxylation is 1. The van der Waals surface area contributed by atoms with Crippen LogP contribution in [-0.4, -0.2) is 20.7 Å². The Morgan fingerprint density at radius 1 is 0.963 bits per heavy atom. The van der Waals surface area contributed by atoms with Gasteiger partial charge in [-0.25, -0.2) is 0 Å². The summed E-state index contributed by atoms with van der Waals surface area (Å²) in [5, 5.41) is 11.6. The van der Waals surface area contributed by atoms with Gasteiger partial charge in [0.15, 0.2) is 5.82 Å². The van der Waals surface area contributed by atoms with E-state index in [-0.39, 0.29) is 5.91 Å². The number of fused-ring (bicyclic) bond motifs is 1. The molecule has 4 rings (SSSR count). The van der Waals surface area contributed by atoms with E-state index < -0.39 is 0 Å². The molecule has 2 aromatic carbocycles. The van der Waals surface area contributed by atoms with Gasteiger partial charge in [0.05, 0.1) is 0 Å². The normalized spacial score (nSPS) is 13.9. The van der Waals surface area contributed by atoms with Crippen LogP contribution in [0.2, 0.25) is 0 Å². The number of hydrogen-bond acceptors (Lipinski definition) is 3. The number of carbonyl (C=O) groups is 1. The second-order valence-corrected chi connectivity index (χ2v) is 6.71. The van der Waals surface area contributed by atoms with Gasteiger partial charge in [-0.3, -0.25) is 4.79 Å². The van der Waals surface area contributed by atoms with Crippen molar-refractivity contribution in [2.75, 3.05) is 5.32 Å². The summed E-state index contributed by atoms with van der Waals surface area (Å²) in [5.41, 5.74) is 2.78. The van der Waals surface area contributed by atoms with Crippen molar-refractivity contribution in [3.8, 4) is 11.4 Å². The monoisotopic (exact) mass is 358 g/mol. The first-order valence-electron chi connectivity index (χ1n) is 9.36. The average molecular weight is 358 g/mol. The molecule has 0 fully saturated rings. The van der Waals surface area contributed by atoms with Crippen LogP contribution in [0.5, 0.6) is 0 Å². The van der Waals surface area contributed by atoms with Crippen molar-refractivity contribution in [1.29, 1.82) is 0 Å². The molecule has 2 heterocycles. The van der Waals surface area contributed by atoms with Crippen molar-refractivity contribution in [2.45, 2.75) is 32.2 Å². The van der Waals surface area contributed by atoms with E-state index in [4.69, 9.17) is 0 Å². The van der Waals surface area contributed by atoms with Crippen molar-refractivity contribution in [2.24, 2.45) is 0 Å². The molecule has 1 aliphatic rings. The first-order chi connectivity index (χ1) is 13.3. The molecular weight excluding hydrogens is 336 g/mol. The van der Waals surface area contributed by atoms with E-state index in [0.29, 0.717) is 0 Å². The summed E-state index contributed by atoms with van der Waals surface area (Å²) in [4.78, 5) is 12.1. The molecule has 0 radical (unpaired) electrons. The van der Waals surface area contributed by atoms with Crippen molar-refractivity contribution >= 4 is 17.7 Å². The van der Waals surface area contributed by atoms with Gasteiger partial charge in [-0.2, -0.15) is 0 Å². The zero-order valence-electron chi connectivity index (χ0n) is 15.1. The number of amides is 1. The quantitative estimate of drug-likeness (QED) is 0.707. The summed E-state index contributed by atoms with van der Waals surface area (Å²) in [6.07, 6.45) is 7.93. The van der Waals surface area contributed by atoms with E-state index in [1.165, 1.54) is 19.3 Å². The average Bonchev–Trinajstić information content (AvgIpc) is 2.96. The maximum atomic E-state index is 12.1. The second-order valence-electron chi connectivity index (χ2n) is 6.71. The molecule has 27 heavy (non-hydrogen) atoms. The standard InChI is InChI=1S/C22H22N4O/c27-21(15-10-17-7-3-1-4-8-17)23-19-13-11-18(12-14-19)22-25-24-20-9-5-2-6-16-26(20)22/h1,3-4,7-8,10-15H,2,5-6,9,16H2,(H,23,27)/b15-10+. The summed E-state index contributed by atoms with van der Waals surface area (Å²) in [6.45, 7) is 0.973. The molecule has 5 nitrogen and oxygen atoms in total. The summed E-state index contributed by atoms with van der Waals surface area (Å²) < 4.78 is 2.23. The summed E-state index contributed by atoms with van der Waals surface area (Å²) in [7, 11) is 0. The van der Waals surface area contributed by atoms with Gasteiger partial charge in [0.25, 0.3) is 0 Å². The Morgan fingerprint density at radius 3 is 2.59 bits per heavy atom. The van der Waals surface area contributed by atoms with Crippen LogP contribution in [0, 0.1) is 0 Å². The molecule has 3 aromatic rings. The number of rotatable bonds is 4. The molecule has 1 amide bonds. The third-order valence-corrected chi connectivity index (χ3v) is 4.75. The molecule has 136 valence electrons. The molecule has 1 aliphatic heterocycles. The number of hydrogen-bond donors (Lipinski definition) is 1. The maximum Gasteiger partial charge on any atom is 0.248 e. The fourth-order valence-electron chi connectivity index (χ4n) is 3.32. The fraction of sp³-hybridized carbons (Fsp3) is 0.227. The minimum atomic E-state index is -0.150. The lowest BCUT2D eigenvalue weighted by atomic mass is 10.2. The fourth-order valence-corrected chi connectivity index (χ4v) is 3.32. The van der Waals surface area contributed by atoms with Crippen molar-refractivity contribution in [1.82, 2.24) is 14.8 Å². The van der Waals surface area contributed by atoms with Crippen LogP contribution in [0.25, 0.3) is 17.5 Å². The number of carbonyl (C=O) groups excluding carboxylic acids is 1. The van der Waals surface area contributed by atoms with E-state index in [9.17, 15) is 4.79 Å². The largest absolute Gasteiger partial charge is 0.323 e. The van der Waals surface area contributed by atoms with Crippen molar-refractivity contribution < 1.29 is 4.79 Å². The van der Waals surface area contributed by atoms with Gasteiger partial charge in [0, 0.05) is 30.3 Å². The van der Waals surface area contributed by atoms with Crippen LogP contribution in [-0.2, 0) is 17.8 Å². The predicted molar refractivity (Wildman–Crippen MR) is 107 cm³/mol. The topological polar surface area (TPSA) is 59.8 Å². The Bertz CT molecular complexity index is 942. The SMILES string of the molecule is O=C(/C=C/c1ccccc1)Nc1ccc(-c2nnc3n2CCCCC3)cc1. The van der Waals surface area contributed by atoms with Crippen LogP contribution >= 0.6 is 0 Å². The lowest BCUT2D eigenvalue weighted by molar-refractivity contribution is -0.111. The van der Waals surface area contributed by atoms with Crippen molar-refractivity contribution in [3.63, 3.8) is 0 Å². The smallest absolute Gasteiger partial charge is 0.248 e. The number of aromatic nitrogens is 3. The highest BCUT2D eigenvalue weighted by Crippen LogP contribution is 2.24. The number of anilines is 1. The predicted octanol–water partition coefficient (Wildman–Crippen LogP) is 4.32. The Kier molecular flexibility index (Phi) is 5.10. The zero-order chi connectivity index (χ0) is 18.5. The highest BCUT2D eigenvalue weighted by Gasteiger charge is 2.15. The Labute approximate surface area is 158 Å². The van der Waals surface area contributed by atoms with E-state index >= 15 is 0 Å². The van der Waals surface area contributed by atoms with Crippen LogP contribution in [0.4, 0.5) is 5.69 Å². The van der Waals surface area contributed by atoms with Gasteiger partial charge in [0.1, 0.15) is 5.82 Å². The zero-order valence-corrected chi connectivity index (χ0v) is 15.1. The van der Waals surface area contributed by atoms with Gasteiger partial charge >= 0.3 is 0 Å². The Hall–Kier alpha value is -3.21. The van der Waals surface area contributed by atoms with Gasteiger partial charge in [0.2, 0.25) is 5.91 Å². The summed E-state index contributed by atoms with van der Waals surface area (Å²) >= 11 is 0. The first-order valence-corrected chi connectivity index (χ1v) is 9.36. The highest BCUT2D eigenvalue weighted by molar-refractivity contribution is 6.02. The van der Waals surface area contributed by atoms with Crippen LogP contribution < -0.4 is 5.32 Å². The van der Waals surface area contributed by atoms with Gasteiger partial charge in [-0.1, -0.05) is 36.8 Å². The third kappa shape index (κ3) is 4.14. The van der Waals surface area contributed by atoms with E-state index in [0.717, 1.165) is 41.4 Å². The molecule has 0 bridgehead atoms. The molecular formula is C22H22N4O. The molecule has 0 unspecified atom stereocenters. The number of benzene rings is 2. The van der Waals surface area contributed by atoms with Gasteiger partial charge in [-0.05, 0) is 48.7 Å². The third-order valence-electron chi connectivity index (χ3n) is 4.75. The number of nitrogens with one attached hydrogen (secondary N) is 1. The summed E-state index contributed by atoms with van der Waals surface area (Å²) in [6, 6.07) is 17.5. The lowest BCUT2D eigenvalue weighted by Gasteiger charge is -2.08.